The number of aromatic nitrogens is 1. The second-order valence-electron chi connectivity index (χ2n) is 4.08. The summed E-state index contributed by atoms with van der Waals surface area (Å²) < 4.78 is 5.33. The fourth-order valence-corrected chi connectivity index (χ4v) is 1.84. The van der Waals surface area contributed by atoms with Crippen LogP contribution in [-0.4, -0.2) is 12.1 Å². The van der Waals surface area contributed by atoms with Crippen molar-refractivity contribution in [2.75, 3.05) is 7.11 Å². The number of benzene rings is 1. The number of aryl methyl sites for hydroxylation is 2. The minimum absolute atomic E-state index is 0.103. The first-order valence-corrected chi connectivity index (χ1v) is 5.47. The van der Waals surface area contributed by atoms with Gasteiger partial charge in [0.1, 0.15) is 5.75 Å². The molecule has 88 valence electrons. The summed E-state index contributed by atoms with van der Waals surface area (Å²) in [4.78, 5) is 14.3. The van der Waals surface area contributed by atoms with Crippen LogP contribution in [0.25, 0.3) is 11.3 Å². The molecule has 1 aromatic carbocycles. The third-order valence-corrected chi connectivity index (χ3v) is 2.75. The molecule has 0 amide bonds. The van der Waals surface area contributed by atoms with Crippen LogP contribution < -0.4 is 10.3 Å². The number of rotatable bonds is 2. The second kappa shape index (κ2) is 4.45. The average Bonchev–Trinajstić information content (AvgIpc) is 2.32. The average molecular weight is 229 g/mol. The van der Waals surface area contributed by atoms with E-state index in [-0.39, 0.29) is 5.56 Å². The molecule has 0 unspecified atom stereocenters. The first-order chi connectivity index (χ1) is 8.11. The number of aromatic amines is 1. The largest absolute Gasteiger partial charge is 0.496 e. The number of ether oxygens (including phenoxy) is 1. The lowest BCUT2D eigenvalue weighted by Crippen LogP contribution is -2.06. The summed E-state index contributed by atoms with van der Waals surface area (Å²) >= 11 is 0. The predicted octanol–water partition coefficient (Wildman–Crippen LogP) is 2.67. The zero-order valence-corrected chi connectivity index (χ0v) is 10.2. The summed E-state index contributed by atoms with van der Waals surface area (Å²) in [6.45, 7) is 3.98. The molecule has 1 heterocycles. The van der Waals surface area contributed by atoms with Gasteiger partial charge in [-0.15, -0.1) is 0 Å². The highest BCUT2D eigenvalue weighted by Gasteiger charge is 2.09. The van der Waals surface area contributed by atoms with Crippen molar-refractivity contribution in [3.8, 4) is 17.0 Å². The van der Waals surface area contributed by atoms with Crippen LogP contribution in [0.15, 0.2) is 35.1 Å². The standard InChI is InChI=1S/C14H15NO2/c1-9-4-6-12(17-3)11(8-9)14-10(2)5-7-13(16)15-14/h4-8H,1-3H3,(H,15,16). The number of hydrogen-bond donors (Lipinski definition) is 1. The topological polar surface area (TPSA) is 42.1 Å². The highest BCUT2D eigenvalue weighted by molar-refractivity contribution is 5.70. The Labute approximate surface area is 100 Å². The normalized spacial score (nSPS) is 10.3. The van der Waals surface area contributed by atoms with Gasteiger partial charge in [-0.3, -0.25) is 4.79 Å². The molecule has 0 saturated carbocycles. The second-order valence-corrected chi connectivity index (χ2v) is 4.08. The molecule has 0 saturated heterocycles. The number of pyridine rings is 1. The van der Waals surface area contributed by atoms with E-state index in [1.54, 1.807) is 7.11 Å². The predicted molar refractivity (Wildman–Crippen MR) is 68.5 cm³/mol. The first-order valence-electron chi connectivity index (χ1n) is 5.47. The van der Waals surface area contributed by atoms with Crippen molar-refractivity contribution >= 4 is 0 Å². The molecule has 2 rings (SSSR count). The van der Waals surface area contributed by atoms with E-state index in [9.17, 15) is 4.79 Å². The van der Waals surface area contributed by atoms with Crippen LogP contribution in [0.2, 0.25) is 0 Å². The molecule has 0 aliphatic carbocycles. The lowest BCUT2D eigenvalue weighted by atomic mass is 10.0. The molecular weight excluding hydrogens is 214 g/mol. The molecule has 2 aromatic rings. The van der Waals surface area contributed by atoms with Gasteiger partial charge in [-0.05, 0) is 31.5 Å². The molecule has 0 aliphatic heterocycles. The third-order valence-electron chi connectivity index (χ3n) is 2.75. The lowest BCUT2D eigenvalue weighted by Gasteiger charge is -2.11. The van der Waals surface area contributed by atoms with Crippen molar-refractivity contribution in [2.24, 2.45) is 0 Å². The minimum Gasteiger partial charge on any atom is -0.496 e. The molecule has 0 atom stereocenters. The van der Waals surface area contributed by atoms with E-state index < -0.39 is 0 Å². The van der Waals surface area contributed by atoms with Crippen LogP contribution in [0, 0.1) is 13.8 Å². The van der Waals surface area contributed by atoms with Gasteiger partial charge in [-0.2, -0.15) is 0 Å². The van der Waals surface area contributed by atoms with E-state index >= 15 is 0 Å². The van der Waals surface area contributed by atoms with Crippen LogP contribution in [0.5, 0.6) is 5.75 Å². The summed E-state index contributed by atoms with van der Waals surface area (Å²) in [5, 5.41) is 0. The SMILES string of the molecule is COc1ccc(C)cc1-c1[nH]c(=O)ccc1C. The number of hydrogen-bond acceptors (Lipinski definition) is 2. The van der Waals surface area contributed by atoms with Crippen molar-refractivity contribution in [2.45, 2.75) is 13.8 Å². The Kier molecular flexibility index (Phi) is 3.00. The van der Waals surface area contributed by atoms with Crippen LogP contribution in [0.3, 0.4) is 0 Å². The molecule has 0 aliphatic rings. The molecule has 3 nitrogen and oxygen atoms in total. The molecule has 0 bridgehead atoms. The summed E-state index contributed by atoms with van der Waals surface area (Å²) in [5.74, 6) is 0.764. The molecule has 3 heteroatoms. The molecule has 1 aromatic heterocycles. The first kappa shape index (κ1) is 11.5. The summed E-state index contributed by atoms with van der Waals surface area (Å²) in [5.41, 5.74) is 3.79. The highest BCUT2D eigenvalue weighted by atomic mass is 16.5. The maximum absolute atomic E-state index is 11.4. The smallest absolute Gasteiger partial charge is 0.248 e. The molecule has 0 radical (unpaired) electrons. The van der Waals surface area contributed by atoms with Gasteiger partial charge in [-0.1, -0.05) is 17.7 Å². The van der Waals surface area contributed by atoms with Crippen LogP contribution in [0.1, 0.15) is 11.1 Å². The van der Waals surface area contributed by atoms with Gasteiger partial charge < -0.3 is 9.72 Å². The van der Waals surface area contributed by atoms with E-state index in [0.717, 1.165) is 28.1 Å². The Balaban J connectivity index is 2.70. The molecular formula is C14H15NO2. The molecule has 1 N–H and O–H groups in total. The number of nitrogens with one attached hydrogen (secondary N) is 1. The van der Waals surface area contributed by atoms with Gasteiger partial charge in [0.15, 0.2) is 0 Å². The van der Waals surface area contributed by atoms with E-state index in [1.807, 2.05) is 38.1 Å². The highest BCUT2D eigenvalue weighted by Crippen LogP contribution is 2.30. The minimum atomic E-state index is -0.103. The van der Waals surface area contributed by atoms with E-state index in [4.69, 9.17) is 4.74 Å². The lowest BCUT2D eigenvalue weighted by molar-refractivity contribution is 0.416. The van der Waals surface area contributed by atoms with Gasteiger partial charge >= 0.3 is 0 Å². The Bertz CT molecular complexity index is 599. The Morgan fingerprint density at radius 2 is 1.88 bits per heavy atom. The van der Waals surface area contributed by atoms with Crippen LogP contribution in [0.4, 0.5) is 0 Å². The van der Waals surface area contributed by atoms with Gasteiger partial charge in [0.2, 0.25) is 5.56 Å². The van der Waals surface area contributed by atoms with Crippen molar-refractivity contribution in [1.29, 1.82) is 0 Å². The van der Waals surface area contributed by atoms with E-state index in [0.29, 0.717) is 0 Å². The van der Waals surface area contributed by atoms with Crippen molar-refractivity contribution in [3.05, 3.63) is 51.8 Å². The van der Waals surface area contributed by atoms with Gasteiger partial charge in [0.25, 0.3) is 0 Å². The van der Waals surface area contributed by atoms with E-state index in [1.165, 1.54) is 6.07 Å². The van der Waals surface area contributed by atoms with Crippen LogP contribution in [-0.2, 0) is 0 Å². The van der Waals surface area contributed by atoms with Crippen LogP contribution >= 0.6 is 0 Å². The zero-order valence-electron chi connectivity index (χ0n) is 10.2. The van der Waals surface area contributed by atoms with Gasteiger partial charge in [0, 0.05) is 11.6 Å². The Morgan fingerprint density at radius 1 is 1.12 bits per heavy atom. The van der Waals surface area contributed by atoms with E-state index in [2.05, 4.69) is 4.98 Å². The third kappa shape index (κ3) is 2.23. The van der Waals surface area contributed by atoms with Gasteiger partial charge in [0.05, 0.1) is 12.8 Å². The fraction of sp³-hybridized carbons (Fsp3) is 0.214. The van der Waals surface area contributed by atoms with Gasteiger partial charge in [-0.25, -0.2) is 0 Å². The Hall–Kier alpha value is -2.03. The number of methoxy groups -OCH3 is 1. The Morgan fingerprint density at radius 3 is 2.59 bits per heavy atom. The molecule has 0 fully saturated rings. The summed E-state index contributed by atoms with van der Waals surface area (Å²) in [6.07, 6.45) is 0. The summed E-state index contributed by atoms with van der Waals surface area (Å²) in [6, 6.07) is 9.25. The number of H-pyrrole nitrogens is 1. The van der Waals surface area contributed by atoms with Crippen molar-refractivity contribution < 1.29 is 4.74 Å². The quantitative estimate of drug-likeness (QED) is 0.860. The summed E-state index contributed by atoms with van der Waals surface area (Å²) in [7, 11) is 1.63. The maximum atomic E-state index is 11.4. The zero-order chi connectivity index (χ0) is 12.4. The fourth-order valence-electron chi connectivity index (χ4n) is 1.84. The van der Waals surface area contributed by atoms with Crippen molar-refractivity contribution in [1.82, 2.24) is 4.98 Å². The maximum Gasteiger partial charge on any atom is 0.248 e. The van der Waals surface area contributed by atoms with Crippen molar-refractivity contribution in [3.63, 3.8) is 0 Å². The molecule has 0 spiro atoms. The molecule has 17 heavy (non-hydrogen) atoms. The monoisotopic (exact) mass is 229 g/mol.